The molecule has 2 heterocycles. The van der Waals surface area contributed by atoms with Gasteiger partial charge in [0.25, 0.3) is 0 Å². The van der Waals surface area contributed by atoms with Crippen LogP contribution in [0.15, 0.2) is 0 Å². The van der Waals surface area contributed by atoms with Gasteiger partial charge in [0.1, 0.15) is 0 Å². The summed E-state index contributed by atoms with van der Waals surface area (Å²) in [6.45, 7) is 7.36. The highest BCUT2D eigenvalue weighted by Crippen LogP contribution is 2.21. The van der Waals surface area contributed by atoms with E-state index in [1.54, 1.807) is 0 Å². The van der Waals surface area contributed by atoms with E-state index < -0.39 is 0 Å². The Morgan fingerprint density at radius 1 is 1.47 bits per heavy atom. The highest BCUT2D eigenvalue weighted by molar-refractivity contribution is 5.79. The molecule has 2 saturated heterocycles. The van der Waals surface area contributed by atoms with E-state index in [4.69, 9.17) is 4.74 Å². The van der Waals surface area contributed by atoms with Crippen molar-refractivity contribution in [1.29, 1.82) is 0 Å². The molecule has 0 aromatic heterocycles. The number of likely N-dealkylation sites (tertiary alicyclic amines) is 1. The summed E-state index contributed by atoms with van der Waals surface area (Å²) in [5.41, 5.74) is 0. The molecule has 2 rings (SSSR count). The van der Waals surface area contributed by atoms with Gasteiger partial charge in [0, 0.05) is 32.2 Å². The number of amides is 1. The van der Waals surface area contributed by atoms with E-state index in [9.17, 15) is 4.79 Å². The second-order valence-corrected chi connectivity index (χ2v) is 5.14. The van der Waals surface area contributed by atoms with Gasteiger partial charge < -0.3 is 15.0 Å². The van der Waals surface area contributed by atoms with Crippen molar-refractivity contribution in [2.75, 3.05) is 39.4 Å². The molecule has 17 heavy (non-hydrogen) atoms. The molecule has 0 spiro atoms. The van der Waals surface area contributed by atoms with Gasteiger partial charge in [-0.3, -0.25) is 4.79 Å². The number of carbonyl (C=O) groups excluding carboxylic acids is 1. The fraction of sp³-hybridized carbons (Fsp3) is 0.923. The molecule has 2 aliphatic rings. The summed E-state index contributed by atoms with van der Waals surface area (Å²) in [4.78, 5) is 14.3. The Labute approximate surface area is 104 Å². The maximum absolute atomic E-state index is 12.3. The minimum absolute atomic E-state index is 0.217. The van der Waals surface area contributed by atoms with Crippen LogP contribution in [-0.4, -0.2) is 50.2 Å². The Bertz CT molecular complexity index is 252. The summed E-state index contributed by atoms with van der Waals surface area (Å²) in [7, 11) is 0. The third-order valence-corrected chi connectivity index (χ3v) is 3.80. The summed E-state index contributed by atoms with van der Waals surface area (Å²) < 4.78 is 5.44. The first kappa shape index (κ1) is 12.8. The van der Waals surface area contributed by atoms with E-state index in [0.29, 0.717) is 11.8 Å². The van der Waals surface area contributed by atoms with E-state index in [1.807, 2.05) is 11.8 Å². The Morgan fingerprint density at radius 2 is 2.35 bits per heavy atom. The Hall–Kier alpha value is -0.610. The highest BCUT2D eigenvalue weighted by atomic mass is 16.5. The Balaban J connectivity index is 1.76. The van der Waals surface area contributed by atoms with Gasteiger partial charge >= 0.3 is 0 Å². The predicted octanol–water partition coefficient (Wildman–Crippen LogP) is 0.871. The van der Waals surface area contributed by atoms with Crippen LogP contribution in [0.1, 0.15) is 26.2 Å². The third kappa shape index (κ3) is 3.42. The van der Waals surface area contributed by atoms with E-state index in [0.717, 1.165) is 58.7 Å². The first-order valence-corrected chi connectivity index (χ1v) is 6.88. The van der Waals surface area contributed by atoms with Gasteiger partial charge in [-0.05, 0) is 32.7 Å². The van der Waals surface area contributed by atoms with E-state index in [2.05, 4.69) is 5.32 Å². The van der Waals surface area contributed by atoms with Gasteiger partial charge in [-0.25, -0.2) is 0 Å². The third-order valence-electron chi connectivity index (χ3n) is 3.80. The molecule has 0 unspecified atom stereocenters. The van der Waals surface area contributed by atoms with Gasteiger partial charge in [-0.15, -0.1) is 0 Å². The molecule has 2 atom stereocenters. The van der Waals surface area contributed by atoms with Crippen LogP contribution in [-0.2, 0) is 9.53 Å². The number of nitrogens with zero attached hydrogens (tertiary/aromatic N) is 1. The van der Waals surface area contributed by atoms with Crippen molar-refractivity contribution in [3.8, 4) is 0 Å². The molecule has 98 valence electrons. The van der Waals surface area contributed by atoms with E-state index in [-0.39, 0.29) is 5.92 Å². The van der Waals surface area contributed by atoms with Crippen LogP contribution in [0.5, 0.6) is 0 Å². The molecular formula is C13H24N2O2. The standard InChI is InChI=1S/C13H24N2O2/c1-2-17-10-11-5-7-15(9-11)13(16)12-4-3-6-14-8-12/h11-12,14H,2-10H2,1H3/t11-,12+/m0/s1. The Kier molecular flexibility index (Phi) is 4.80. The molecule has 0 aliphatic carbocycles. The van der Waals surface area contributed by atoms with Crippen LogP contribution < -0.4 is 5.32 Å². The van der Waals surface area contributed by atoms with Gasteiger partial charge in [0.05, 0.1) is 12.5 Å². The van der Waals surface area contributed by atoms with Gasteiger partial charge in [0.15, 0.2) is 0 Å². The molecule has 2 aliphatic heterocycles. The lowest BCUT2D eigenvalue weighted by Crippen LogP contribution is -2.42. The van der Waals surface area contributed by atoms with Gasteiger partial charge in [-0.1, -0.05) is 0 Å². The predicted molar refractivity (Wildman–Crippen MR) is 66.8 cm³/mol. The van der Waals surface area contributed by atoms with Crippen molar-refractivity contribution in [2.24, 2.45) is 11.8 Å². The molecule has 4 heteroatoms. The molecule has 0 bridgehead atoms. The molecule has 0 radical (unpaired) electrons. The lowest BCUT2D eigenvalue weighted by atomic mass is 9.98. The average molecular weight is 240 g/mol. The van der Waals surface area contributed by atoms with Crippen molar-refractivity contribution in [3.63, 3.8) is 0 Å². The van der Waals surface area contributed by atoms with Crippen LogP contribution in [0.25, 0.3) is 0 Å². The molecule has 0 saturated carbocycles. The zero-order valence-electron chi connectivity index (χ0n) is 10.8. The van der Waals surface area contributed by atoms with Crippen LogP contribution in [0, 0.1) is 11.8 Å². The maximum Gasteiger partial charge on any atom is 0.226 e. The summed E-state index contributed by atoms with van der Waals surface area (Å²) in [5.74, 6) is 1.13. The molecule has 4 nitrogen and oxygen atoms in total. The SMILES string of the molecule is CCOC[C@H]1CCN(C(=O)[C@@H]2CCCNC2)C1. The number of hydrogen-bond donors (Lipinski definition) is 1. The molecular weight excluding hydrogens is 216 g/mol. The summed E-state index contributed by atoms with van der Waals surface area (Å²) in [6, 6.07) is 0. The van der Waals surface area contributed by atoms with Crippen LogP contribution >= 0.6 is 0 Å². The quantitative estimate of drug-likeness (QED) is 0.793. The van der Waals surface area contributed by atoms with Crippen LogP contribution in [0.2, 0.25) is 0 Å². The van der Waals surface area contributed by atoms with Crippen LogP contribution in [0.4, 0.5) is 0 Å². The zero-order chi connectivity index (χ0) is 12.1. The number of rotatable bonds is 4. The van der Waals surface area contributed by atoms with E-state index in [1.165, 1.54) is 0 Å². The number of carbonyl (C=O) groups is 1. The van der Waals surface area contributed by atoms with Crippen LogP contribution in [0.3, 0.4) is 0 Å². The minimum Gasteiger partial charge on any atom is -0.381 e. The van der Waals surface area contributed by atoms with Gasteiger partial charge in [-0.2, -0.15) is 0 Å². The number of piperidine rings is 1. The van der Waals surface area contributed by atoms with Crippen molar-refractivity contribution in [3.05, 3.63) is 0 Å². The summed E-state index contributed by atoms with van der Waals surface area (Å²) >= 11 is 0. The first-order chi connectivity index (χ1) is 8.31. The number of hydrogen-bond acceptors (Lipinski definition) is 3. The number of nitrogens with one attached hydrogen (secondary N) is 1. The minimum atomic E-state index is 0.217. The largest absolute Gasteiger partial charge is 0.381 e. The normalized spacial score (nSPS) is 29.6. The molecule has 1 amide bonds. The second kappa shape index (κ2) is 6.36. The lowest BCUT2D eigenvalue weighted by Gasteiger charge is -2.26. The average Bonchev–Trinajstić information content (AvgIpc) is 2.85. The topological polar surface area (TPSA) is 41.6 Å². The zero-order valence-corrected chi connectivity index (χ0v) is 10.8. The molecule has 0 aromatic rings. The first-order valence-electron chi connectivity index (χ1n) is 6.88. The fourth-order valence-corrected chi connectivity index (χ4v) is 2.77. The van der Waals surface area contributed by atoms with Crippen molar-refractivity contribution < 1.29 is 9.53 Å². The summed E-state index contributed by atoms with van der Waals surface area (Å²) in [5, 5.41) is 3.31. The molecule has 2 fully saturated rings. The Morgan fingerprint density at radius 3 is 3.06 bits per heavy atom. The monoisotopic (exact) mass is 240 g/mol. The van der Waals surface area contributed by atoms with E-state index >= 15 is 0 Å². The lowest BCUT2D eigenvalue weighted by molar-refractivity contribution is -0.135. The maximum atomic E-state index is 12.3. The smallest absolute Gasteiger partial charge is 0.226 e. The van der Waals surface area contributed by atoms with Crippen molar-refractivity contribution in [2.45, 2.75) is 26.2 Å². The summed E-state index contributed by atoms with van der Waals surface area (Å²) in [6.07, 6.45) is 3.29. The number of ether oxygens (including phenoxy) is 1. The van der Waals surface area contributed by atoms with Gasteiger partial charge in [0.2, 0.25) is 5.91 Å². The van der Waals surface area contributed by atoms with Crippen molar-refractivity contribution in [1.82, 2.24) is 10.2 Å². The fourth-order valence-electron chi connectivity index (χ4n) is 2.77. The molecule has 0 aromatic carbocycles. The van der Waals surface area contributed by atoms with Crippen molar-refractivity contribution >= 4 is 5.91 Å². The molecule has 1 N–H and O–H groups in total. The second-order valence-electron chi connectivity index (χ2n) is 5.14. The highest BCUT2D eigenvalue weighted by Gasteiger charge is 2.31.